The van der Waals surface area contributed by atoms with Gasteiger partial charge < -0.3 is 4.90 Å². The Morgan fingerprint density at radius 3 is 2.50 bits per heavy atom. The highest BCUT2D eigenvalue weighted by molar-refractivity contribution is 5.92. The maximum atomic E-state index is 13.0. The predicted octanol–water partition coefficient (Wildman–Crippen LogP) is 3.22. The van der Waals surface area contributed by atoms with Crippen LogP contribution < -0.4 is 0 Å². The van der Waals surface area contributed by atoms with Crippen LogP contribution in [0.1, 0.15) is 76.2 Å². The molecule has 122 valence electrons. The Kier molecular flexibility index (Phi) is 4.24. The lowest BCUT2D eigenvalue weighted by atomic mass is 9.81. The zero-order valence-electron chi connectivity index (χ0n) is 14.1. The van der Waals surface area contributed by atoms with Gasteiger partial charge in [-0.1, -0.05) is 24.5 Å². The summed E-state index contributed by atoms with van der Waals surface area (Å²) in [6, 6.07) is 0.420. The third kappa shape index (κ3) is 3.03. The molecule has 1 saturated heterocycles. The molecule has 2 atom stereocenters. The number of likely N-dealkylation sites (tertiary alicyclic amines) is 1. The highest BCUT2D eigenvalue weighted by atomic mass is 16.2. The molecule has 1 amide bonds. The zero-order chi connectivity index (χ0) is 15.7. The number of hydrogen-bond acceptors (Lipinski definition) is 3. The Morgan fingerprint density at radius 1 is 1.14 bits per heavy atom. The van der Waals surface area contributed by atoms with Gasteiger partial charge >= 0.3 is 0 Å². The minimum atomic E-state index is -0.141. The highest BCUT2D eigenvalue weighted by Gasteiger charge is 2.35. The molecule has 22 heavy (non-hydrogen) atoms. The Morgan fingerprint density at radius 2 is 1.82 bits per heavy atom. The van der Waals surface area contributed by atoms with E-state index in [0.29, 0.717) is 17.7 Å². The van der Waals surface area contributed by atoms with Gasteiger partial charge in [-0.15, -0.1) is 5.10 Å². The summed E-state index contributed by atoms with van der Waals surface area (Å²) in [5, 5.41) is 8.30. The molecule has 2 heterocycles. The van der Waals surface area contributed by atoms with E-state index in [9.17, 15) is 4.79 Å². The Bertz CT molecular complexity index is 531. The number of amides is 1. The number of carbonyl (C=O) groups excluding carboxylic acids is 1. The summed E-state index contributed by atoms with van der Waals surface area (Å²) >= 11 is 0. The lowest BCUT2D eigenvalue weighted by Crippen LogP contribution is -2.45. The molecule has 1 aromatic rings. The van der Waals surface area contributed by atoms with Crippen molar-refractivity contribution in [3.63, 3.8) is 0 Å². The van der Waals surface area contributed by atoms with Gasteiger partial charge in [0.05, 0.1) is 11.7 Å². The van der Waals surface area contributed by atoms with Gasteiger partial charge in [0.15, 0.2) is 5.69 Å². The molecule has 5 nitrogen and oxygen atoms in total. The summed E-state index contributed by atoms with van der Waals surface area (Å²) in [6.45, 7) is 7.08. The van der Waals surface area contributed by atoms with E-state index < -0.39 is 0 Å². The molecule has 2 fully saturated rings. The average molecular weight is 304 g/mol. The van der Waals surface area contributed by atoms with Crippen molar-refractivity contribution in [3.8, 4) is 0 Å². The molecule has 3 rings (SSSR count). The van der Waals surface area contributed by atoms with E-state index >= 15 is 0 Å². The summed E-state index contributed by atoms with van der Waals surface area (Å²) in [4.78, 5) is 15.1. The van der Waals surface area contributed by atoms with Gasteiger partial charge in [-0.2, -0.15) is 0 Å². The van der Waals surface area contributed by atoms with Gasteiger partial charge in [-0.05, 0) is 52.4 Å². The van der Waals surface area contributed by atoms with Crippen LogP contribution in [0.3, 0.4) is 0 Å². The summed E-state index contributed by atoms with van der Waals surface area (Å²) in [5.74, 6) is 0.771. The van der Waals surface area contributed by atoms with Crippen LogP contribution in [0.2, 0.25) is 0 Å². The van der Waals surface area contributed by atoms with Crippen molar-refractivity contribution in [1.29, 1.82) is 0 Å². The number of aromatic nitrogens is 3. The fourth-order valence-electron chi connectivity index (χ4n) is 3.88. The van der Waals surface area contributed by atoms with Crippen molar-refractivity contribution >= 4 is 5.91 Å². The van der Waals surface area contributed by atoms with E-state index in [1.54, 1.807) is 4.68 Å². The van der Waals surface area contributed by atoms with Crippen LogP contribution >= 0.6 is 0 Å². The molecule has 1 aliphatic carbocycles. The summed E-state index contributed by atoms with van der Waals surface area (Å²) < 4.78 is 1.79. The third-order valence-electron chi connectivity index (χ3n) is 5.15. The molecule has 0 aromatic carbocycles. The number of fused-ring (bicyclic) bond motifs is 1. The highest BCUT2D eigenvalue weighted by Crippen LogP contribution is 2.35. The smallest absolute Gasteiger partial charge is 0.276 e. The fraction of sp³-hybridized carbons (Fsp3) is 0.824. The minimum Gasteiger partial charge on any atom is -0.334 e. The second kappa shape index (κ2) is 6.01. The molecule has 0 bridgehead atoms. The molecule has 0 unspecified atom stereocenters. The van der Waals surface area contributed by atoms with Gasteiger partial charge in [0.1, 0.15) is 0 Å². The quantitative estimate of drug-likeness (QED) is 0.800. The maximum Gasteiger partial charge on any atom is 0.276 e. The molecule has 1 aromatic heterocycles. The first kappa shape index (κ1) is 15.5. The Labute approximate surface area is 133 Å². The van der Waals surface area contributed by atoms with Crippen LogP contribution in [0.5, 0.6) is 0 Å². The SMILES string of the molecule is CC(C)(C)n1cc(C(=O)N2CCCC[C@@H]3CCCC[C@@H]32)nn1. The van der Waals surface area contributed by atoms with Crippen LogP contribution in [0.25, 0.3) is 0 Å². The van der Waals surface area contributed by atoms with Gasteiger partial charge in [0, 0.05) is 12.6 Å². The van der Waals surface area contributed by atoms with Crippen LogP contribution in [-0.2, 0) is 5.54 Å². The van der Waals surface area contributed by atoms with E-state index in [1.807, 2.05) is 6.20 Å². The standard InChI is InChI=1S/C17H28N4O/c1-17(2,3)21-12-14(18-19-21)16(22)20-11-7-6-9-13-8-4-5-10-15(13)20/h12-13,15H,4-11H2,1-3H3/t13-,15-/m0/s1. The van der Waals surface area contributed by atoms with Crippen LogP contribution in [-0.4, -0.2) is 38.4 Å². The summed E-state index contributed by atoms with van der Waals surface area (Å²) in [6.07, 6.45) is 10.5. The number of rotatable bonds is 1. The van der Waals surface area contributed by atoms with Crippen molar-refractivity contribution in [2.75, 3.05) is 6.54 Å². The van der Waals surface area contributed by atoms with Crippen LogP contribution in [0, 0.1) is 5.92 Å². The molecule has 2 aliphatic rings. The van der Waals surface area contributed by atoms with E-state index in [1.165, 1.54) is 32.1 Å². The lowest BCUT2D eigenvalue weighted by Gasteiger charge is -2.37. The van der Waals surface area contributed by atoms with Gasteiger partial charge in [0.25, 0.3) is 5.91 Å². The van der Waals surface area contributed by atoms with Crippen molar-refractivity contribution < 1.29 is 4.79 Å². The van der Waals surface area contributed by atoms with Crippen molar-refractivity contribution in [2.24, 2.45) is 5.92 Å². The molecular weight excluding hydrogens is 276 g/mol. The second-order valence-electron chi connectivity index (χ2n) is 7.83. The van der Waals surface area contributed by atoms with Crippen molar-refractivity contribution in [3.05, 3.63) is 11.9 Å². The summed E-state index contributed by atoms with van der Waals surface area (Å²) in [7, 11) is 0. The molecule has 0 N–H and O–H groups in total. The van der Waals surface area contributed by atoms with E-state index in [-0.39, 0.29) is 11.4 Å². The van der Waals surface area contributed by atoms with Crippen LogP contribution in [0.4, 0.5) is 0 Å². The number of carbonyl (C=O) groups is 1. The van der Waals surface area contributed by atoms with Gasteiger partial charge in [-0.25, -0.2) is 4.68 Å². The molecule has 0 spiro atoms. The summed E-state index contributed by atoms with van der Waals surface area (Å²) in [5.41, 5.74) is 0.360. The molecule has 1 saturated carbocycles. The topological polar surface area (TPSA) is 51.0 Å². The van der Waals surface area contributed by atoms with Crippen molar-refractivity contribution in [1.82, 2.24) is 19.9 Å². The monoisotopic (exact) mass is 304 g/mol. The largest absolute Gasteiger partial charge is 0.334 e. The second-order valence-corrected chi connectivity index (χ2v) is 7.83. The first-order chi connectivity index (χ1) is 10.5. The van der Waals surface area contributed by atoms with E-state index in [4.69, 9.17) is 0 Å². The first-order valence-corrected chi connectivity index (χ1v) is 8.70. The Balaban J connectivity index is 1.81. The lowest BCUT2D eigenvalue weighted by molar-refractivity contribution is 0.0563. The third-order valence-corrected chi connectivity index (χ3v) is 5.15. The maximum absolute atomic E-state index is 13.0. The minimum absolute atomic E-state index is 0.0781. The predicted molar refractivity (Wildman–Crippen MR) is 85.7 cm³/mol. The fourth-order valence-corrected chi connectivity index (χ4v) is 3.88. The molecular formula is C17H28N4O. The number of nitrogens with zero attached hydrogens (tertiary/aromatic N) is 4. The zero-order valence-corrected chi connectivity index (χ0v) is 14.1. The van der Waals surface area contributed by atoms with E-state index in [0.717, 1.165) is 19.4 Å². The van der Waals surface area contributed by atoms with E-state index in [2.05, 4.69) is 36.0 Å². The number of hydrogen-bond donors (Lipinski definition) is 0. The van der Waals surface area contributed by atoms with Gasteiger partial charge in [-0.3, -0.25) is 4.79 Å². The van der Waals surface area contributed by atoms with Gasteiger partial charge in [0.2, 0.25) is 0 Å². The molecule has 1 aliphatic heterocycles. The van der Waals surface area contributed by atoms with Crippen molar-refractivity contribution in [2.45, 2.75) is 77.3 Å². The average Bonchev–Trinajstić information content (AvgIpc) is 2.88. The normalized spacial score (nSPS) is 26.4. The molecule has 0 radical (unpaired) electrons. The Hall–Kier alpha value is -1.39. The van der Waals surface area contributed by atoms with Crippen LogP contribution in [0.15, 0.2) is 6.20 Å². The molecule has 5 heteroatoms. The first-order valence-electron chi connectivity index (χ1n) is 8.70.